The van der Waals surface area contributed by atoms with Crippen molar-refractivity contribution in [3.05, 3.63) is 0 Å². The molecule has 0 saturated heterocycles. The van der Waals surface area contributed by atoms with Crippen LogP contribution in [-0.4, -0.2) is 34.4 Å². The van der Waals surface area contributed by atoms with E-state index in [1.807, 2.05) is 0 Å². The topological polar surface area (TPSA) is 78.9 Å². The molecular weight excluding hydrogens is 272 g/mol. The highest BCUT2D eigenvalue weighted by molar-refractivity contribution is 5.85. The molecule has 2 amide bonds. The van der Waals surface area contributed by atoms with Gasteiger partial charge in [-0.3, -0.25) is 0 Å². The van der Waals surface area contributed by atoms with Crippen LogP contribution in [-0.2, 0) is 4.74 Å². The van der Waals surface area contributed by atoms with Gasteiger partial charge in [0.05, 0.1) is 0 Å². The predicted molar refractivity (Wildman–Crippen MR) is 75.5 cm³/mol. The molecule has 0 aliphatic rings. The fraction of sp³-hybridized carbons (Fsp3) is 0.833. The maximum absolute atomic E-state index is 11.7. The van der Waals surface area contributed by atoms with E-state index >= 15 is 0 Å². The van der Waals surface area contributed by atoms with E-state index in [-0.39, 0.29) is 12.4 Å². The van der Waals surface area contributed by atoms with Crippen LogP contribution in [0.4, 0.5) is 9.59 Å². The summed E-state index contributed by atoms with van der Waals surface area (Å²) in [4.78, 5) is 22.3. The van der Waals surface area contributed by atoms with Crippen LogP contribution in [0.3, 0.4) is 0 Å². The van der Waals surface area contributed by atoms with Gasteiger partial charge in [-0.1, -0.05) is 26.2 Å². The molecule has 0 unspecified atom stereocenters. The first kappa shape index (κ1) is 20.2. The molecule has 0 bridgehead atoms. The van der Waals surface area contributed by atoms with Gasteiger partial charge in [-0.2, -0.15) is 0 Å². The first-order chi connectivity index (χ1) is 8.26. The van der Waals surface area contributed by atoms with Crippen molar-refractivity contribution in [3.8, 4) is 0 Å². The minimum atomic E-state index is -1.27. The number of carbonyl (C=O) groups is 2. The second-order valence-corrected chi connectivity index (χ2v) is 5.11. The number of hydrogen-bond acceptors (Lipinski definition) is 3. The van der Waals surface area contributed by atoms with Crippen molar-refractivity contribution < 1.29 is 19.4 Å². The van der Waals surface area contributed by atoms with Crippen LogP contribution in [0.25, 0.3) is 0 Å². The first-order valence-corrected chi connectivity index (χ1v) is 6.26. The van der Waals surface area contributed by atoms with Crippen LogP contribution in [0.2, 0.25) is 0 Å². The lowest BCUT2D eigenvalue weighted by Crippen LogP contribution is -2.48. The molecule has 0 aromatic rings. The molecule has 6 nitrogen and oxygen atoms in total. The van der Waals surface area contributed by atoms with E-state index in [2.05, 4.69) is 12.3 Å². The minimum absolute atomic E-state index is 0. The van der Waals surface area contributed by atoms with Crippen molar-refractivity contribution in [3.63, 3.8) is 0 Å². The molecular formula is C12H25ClN2O4. The van der Waals surface area contributed by atoms with Gasteiger partial charge in [0, 0.05) is 6.54 Å². The smallest absolute Gasteiger partial charge is 0.429 e. The predicted octanol–water partition coefficient (Wildman–Crippen LogP) is 3.41. The van der Waals surface area contributed by atoms with E-state index in [0.29, 0.717) is 6.54 Å². The molecule has 0 radical (unpaired) electrons. The van der Waals surface area contributed by atoms with Gasteiger partial charge in [-0.25, -0.2) is 20.0 Å². The van der Waals surface area contributed by atoms with Crippen molar-refractivity contribution in [1.29, 1.82) is 0 Å². The van der Waals surface area contributed by atoms with E-state index in [9.17, 15) is 9.59 Å². The van der Waals surface area contributed by atoms with Crippen molar-refractivity contribution >= 4 is 24.6 Å². The van der Waals surface area contributed by atoms with Gasteiger partial charge in [0.25, 0.3) is 0 Å². The molecule has 0 aliphatic heterocycles. The van der Waals surface area contributed by atoms with Gasteiger partial charge in [0.1, 0.15) is 5.60 Å². The molecule has 0 aromatic carbocycles. The molecule has 114 valence electrons. The van der Waals surface area contributed by atoms with E-state index in [1.165, 1.54) is 0 Å². The molecule has 19 heavy (non-hydrogen) atoms. The van der Waals surface area contributed by atoms with Crippen LogP contribution in [0, 0.1) is 0 Å². The summed E-state index contributed by atoms with van der Waals surface area (Å²) >= 11 is 0. The molecule has 2 N–H and O–H groups in total. The van der Waals surface area contributed by atoms with E-state index in [0.717, 1.165) is 30.7 Å². The van der Waals surface area contributed by atoms with Crippen LogP contribution in [0.15, 0.2) is 0 Å². The Bertz CT molecular complexity index is 279. The summed E-state index contributed by atoms with van der Waals surface area (Å²) in [6.45, 7) is 7.62. The Labute approximate surface area is 120 Å². The average molecular weight is 297 g/mol. The Balaban J connectivity index is 0. The molecule has 0 heterocycles. The number of unbranched alkanes of at least 4 members (excludes halogenated alkanes) is 3. The first-order valence-electron chi connectivity index (χ1n) is 6.26. The quantitative estimate of drug-likeness (QED) is 0.602. The molecule has 0 aromatic heterocycles. The third-order valence-electron chi connectivity index (χ3n) is 2.08. The van der Waals surface area contributed by atoms with Crippen molar-refractivity contribution in [2.45, 2.75) is 59.0 Å². The second-order valence-electron chi connectivity index (χ2n) is 5.11. The standard InChI is InChI=1S/C12H24N2O4.ClH/c1-5-6-7-8-9-14(13-10(15)16)11(17)18-12(2,3)4;/h13H,5-9H2,1-4H3,(H,15,16);1H. The lowest BCUT2D eigenvalue weighted by atomic mass is 10.2. The Morgan fingerprint density at radius 1 is 1.21 bits per heavy atom. The number of nitrogens with zero attached hydrogens (tertiary/aromatic N) is 1. The highest BCUT2D eigenvalue weighted by Gasteiger charge is 2.23. The number of rotatable bonds is 5. The average Bonchev–Trinajstić information content (AvgIpc) is 2.19. The van der Waals surface area contributed by atoms with Crippen molar-refractivity contribution in [2.24, 2.45) is 0 Å². The highest BCUT2D eigenvalue weighted by Crippen LogP contribution is 2.10. The van der Waals surface area contributed by atoms with E-state index < -0.39 is 17.8 Å². The number of ether oxygens (including phenoxy) is 1. The third kappa shape index (κ3) is 11.6. The maximum atomic E-state index is 11.7. The SMILES string of the molecule is CCCCCCN(NC(=O)O)C(=O)OC(C)(C)C.Cl. The summed E-state index contributed by atoms with van der Waals surface area (Å²) in [6, 6.07) is 0. The molecule has 0 saturated carbocycles. The second kappa shape index (κ2) is 9.72. The number of carboxylic acid groups (broad SMARTS) is 1. The lowest BCUT2D eigenvalue weighted by Gasteiger charge is -2.26. The van der Waals surface area contributed by atoms with E-state index in [1.54, 1.807) is 20.8 Å². The third-order valence-corrected chi connectivity index (χ3v) is 2.08. The summed E-state index contributed by atoms with van der Waals surface area (Å²) in [5, 5.41) is 9.68. The fourth-order valence-electron chi connectivity index (χ4n) is 1.32. The number of hydrogen-bond donors (Lipinski definition) is 2. The van der Waals surface area contributed by atoms with Gasteiger partial charge >= 0.3 is 12.2 Å². The van der Waals surface area contributed by atoms with Crippen LogP contribution >= 0.6 is 12.4 Å². The Kier molecular flexibility index (Phi) is 10.3. The Morgan fingerprint density at radius 3 is 2.21 bits per heavy atom. The Hall–Kier alpha value is -1.17. The number of nitrogens with one attached hydrogen (secondary N) is 1. The van der Waals surface area contributed by atoms with Crippen LogP contribution < -0.4 is 5.43 Å². The molecule has 0 fully saturated rings. The van der Waals surface area contributed by atoms with Gasteiger partial charge in [-0.15, -0.1) is 12.4 Å². The summed E-state index contributed by atoms with van der Waals surface area (Å²) in [6.07, 6.45) is 1.91. The monoisotopic (exact) mass is 296 g/mol. The van der Waals surface area contributed by atoms with Gasteiger partial charge < -0.3 is 9.84 Å². The van der Waals surface area contributed by atoms with E-state index in [4.69, 9.17) is 9.84 Å². The maximum Gasteiger partial charge on any atom is 0.429 e. The Morgan fingerprint density at radius 2 is 1.79 bits per heavy atom. The van der Waals surface area contributed by atoms with Crippen molar-refractivity contribution in [2.75, 3.05) is 6.54 Å². The molecule has 0 atom stereocenters. The number of carbonyl (C=O) groups excluding carboxylic acids is 1. The summed E-state index contributed by atoms with van der Waals surface area (Å²) in [7, 11) is 0. The van der Waals surface area contributed by atoms with Crippen molar-refractivity contribution in [1.82, 2.24) is 10.4 Å². The summed E-state index contributed by atoms with van der Waals surface area (Å²) < 4.78 is 5.12. The molecule has 0 spiro atoms. The van der Waals surface area contributed by atoms with Gasteiger partial charge in [-0.05, 0) is 27.2 Å². The zero-order valence-electron chi connectivity index (χ0n) is 12.1. The number of amides is 2. The summed E-state index contributed by atoms with van der Waals surface area (Å²) in [5.74, 6) is 0. The number of halogens is 1. The normalized spacial score (nSPS) is 10.3. The molecule has 0 rings (SSSR count). The highest BCUT2D eigenvalue weighted by atomic mass is 35.5. The number of hydrazine groups is 1. The van der Waals surface area contributed by atoms with Gasteiger partial charge in [0.2, 0.25) is 0 Å². The molecule has 0 aliphatic carbocycles. The zero-order chi connectivity index (χ0) is 14.2. The fourth-order valence-corrected chi connectivity index (χ4v) is 1.32. The zero-order valence-corrected chi connectivity index (χ0v) is 12.9. The summed E-state index contributed by atoms with van der Waals surface area (Å²) in [5.41, 5.74) is 1.41. The van der Waals surface area contributed by atoms with Gasteiger partial charge in [0.15, 0.2) is 0 Å². The van der Waals surface area contributed by atoms with Crippen LogP contribution in [0.1, 0.15) is 53.4 Å². The lowest BCUT2D eigenvalue weighted by molar-refractivity contribution is 0.0139. The molecule has 7 heteroatoms. The minimum Gasteiger partial charge on any atom is -0.464 e. The van der Waals surface area contributed by atoms with Crippen LogP contribution in [0.5, 0.6) is 0 Å². The largest absolute Gasteiger partial charge is 0.464 e.